The van der Waals surface area contributed by atoms with E-state index < -0.39 is 5.54 Å². The Hall–Kier alpha value is -0.560. The van der Waals surface area contributed by atoms with Crippen LogP contribution in [0.4, 0.5) is 0 Å². The van der Waals surface area contributed by atoms with Crippen molar-refractivity contribution >= 4 is 21.8 Å². The van der Waals surface area contributed by atoms with Crippen LogP contribution in [0, 0.1) is 11.3 Å². The summed E-state index contributed by atoms with van der Waals surface area (Å²) in [5.74, 6) is 0.134. The van der Waals surface area contributed by atoms with Crippen molar-refractivity contribution in [1.82, 2.24) is 4.90 Å². The van der Waals surface area contributed by atoms with E-state index in [1.54, 1.807) is 4.90 Å². The largest absolute Gasteiger partial charge is 0.322 e. The van der Waals surface area contributed by atoms with Gasteiger partial charge in [-0.25, -0.2) is 0 Å². The average molecular weight is 287 g/mol. The number of amides is 1. The lowest BCUT2D eigenvalue weighted by molar-refractivity contribution is -0.135. The second-order valence-corrected chi connectivity index (χ2v) is 5.60. The van der Waals surface area contributed by atoms with Gasteiger partial charge in [0, 0.05) is 17.8 Å². The van der Waals surface area contributed by atoms with Gasteiger partial charge in [0.2, 0.25) is 5.91 Å². The molecule has 0 aromatic rings. The number of nitriles is 1. The van der Waals surface area contributed by atoms with Crippen molar-refractivity contribution in [3.63, 3.8) is 0 Å². The monoisotopic (exact) mass is 286 g/mol. The minimum absolute atomic E-state index is 0.134. The van der Waals surface area contributed by atoms with Crippen molar-refractivity contribution in [3.05, 3.63) is 0 Å². The lowest BCUT2D eigenvalue weighted by atomic mass is 10.0. The maximum atomic E-state index is 12.1. The van der Waals surface area contributed by atoms with Gasteiger partial charge in [-0.3, -0.25) is 4.79 Å². The Morgan fingerprint density at radius 1 is 1.50 bits per heavy atom. The van der Waals surface area contributed by atoms with Crippen molar-refractivity contribution in [2.45, 2.75) is 57.5 Å². The van der Waals surface area contributed by atoms with Crippen molar-refractivity contribution in [2.24, 2.45) is 0 Å². The molecule has 0 N–H and O–H groups in total. The van der Waals surface area contributed by atoms with E-state index >= 15 is 0 Å². The van der Waals surface area contributed by atoms with Crippen LogP contribution in [0.15, 0.2) is 0 Å². The molecule has 0 aliphatic heterocycles. The normalized spacial score (nSPS) is 15.6. The first-order valence-corrected chi connectivity index (χ1v) is 6.94. The van der Waals surface area contributed by atoms with Gasteiger partial charge in [0.15, 0.2) is 0 Å². The number of unbranched alkanes of at least 4 members (excludes halogenated alkanes) is 1. The van der Waals surface area contributed by atoms with E-state index in [2.05, 4.69) is 22.0 Å². The third-order valence-electron chi connectivity index (χ3n) is 2.83. The van der Waals surface area contributed by atoms with Crippen molar-refractivity contribution in [3.8, 4) is 6.07 Å². The SMILES string of the molecule is CC(C)(C#N)N(C(=O)CCCCBr)C1CC1. The summed E-state index contributed by atoms with van der Waals surface area (Å²) in [5, 5.41) is 10.0. The van der Waals surface area contributed by atoms with Crippen LogP contribution in [0.5, 0.6) is 0 Å². The Kier molecular flexibility index (Phi) is 4.79. The molecule has 90 valence electrons. The summed E-state index contributed by atoms with van der Waals surface area (Å²) in [7, 11) is 0. The van der Waals surface area contributed by atoms with Gasteiger partial charge in [0.25, 0.3) is 0 Å². The first-order valence-electron chi connectivity index (χ1n) is 5.82. The summed E-state index contributed by atoms with van der Waals surface area (Å²) in [5.41, 5.74) is -0.660. The van der Waals surface area contributed by atoms with Crippen LogP contribution in [0.1, 0.15) is 46.0 Å². The average Bonchev–Trinajstić information content (AvgIpc) is 3.02. The number of carbonyl (C=O) groups is 1. The highest BCUT2D eigenvalue weighted by Gasteiger charge is 2.41. The maximum absolute atomic E-state index is 12.1. The van der Waals surface area contributed by atoms with Gasteiger partial charge in [-0.15, -0.1) is 0 Å². The topological polar surface area (TPSA) is 44.1 Å². The molecule has 0 atom stereocenters. The Labute approximate surface area is 106 Å². The van der Waals surface area contributed by atoms with Crippen LogP contribution in [-0.4, -0.2) is 27.7 Å². The molecule has 0 saturated heterocycles. The Balaban J connectivity index is 2.57. The summed E-state index contributed by atoms with van der Waals surface area (Å²) in [6, 6.07) is 2.54. The van der Waals surface area contributed by atoms with Crippen LogP contribution >= 0.6 is 15.9 Å². The van der Waals surface area contributed by atoms with Crippen molar-refractivity contribution in [2.75, 3.05) is 5.33 Å². The Morgan fingerprint density at radius 3 is 2.56 bits per heavy atom. The molecule has 4 heteroatoms. The molecule has 0 heterocycles. The third-order valence-corrected chi connectivity index (χ3v) is 3.39. The molecule has 1 aliphatic rings. The van der Waals surface area contributed by atoms with Crippen LogP contribution < -0.4 is 0 Å². The van der Waals surface area contributed by atoms with Crippen LogP contribution in [0.2, 0.25) is 0 Å². The summed E-state index contributed by atoms with van der Waals surface area (Å²) >= 11 is 3.35. The van der Waals surface area contributed by atoms with E-state index in [0.29, 0.717) is 12.5 Å². The molecule has 3 nitrogen and oxygen atoms in total. The zero-order chi connectivity index (χ0) is 12.2. The van der Waals surface area contributed by atoms with E-state index in [1.165, 1.54) is 0 Å². The Bertz CT molecular complexity index is 292. The molecule has 1 amide bonds. The first kappa shape index (κ1) is 13.5. The lowest BCUT2D eigenvalue weighted by Crippen LogP contribution is -2.48. The fourth-order valence-electron chi connectivity index (χ4n) is 1.85. The smallest absolute Gasteiger partial charge is 0.224 e. The minimum Gasteiger partial charge on any atom is -0.322 e. The number of hydrogen-bond donors (Lipinski definition) is 0. The van der Waals surface area contributed by atoms with Gasteiger partial charge in [0.1, 0.15) is 5.54 Å². The third kappa shape index (κ3) is 3.48. The van der Waals surface area contributed by atoms with E-state index in [9.17, 15) is 4.79 Å². The molecule has 16 heavy (non-hydrogen) atoms. The number of rotatable bonds is 6. The lowest BCUT2D eigenvalue weighted by Gasteiger charge is -2.33. The van der Waals surface area contributed by atoms with Crippen LogP contribution in [-0.2, 0) is 4.79 Å². The maximum Gasteiger partial charge on any atom is 0.224 e. The number of halogens is 1. The number of alkyl halides is 1. The van der Waals surface area contributed by atoms with E-state index in [-0.39, 0.29) is 5.91 Å². The van der Waals surface area contributed by atoms with E-state index in [1.807, 2.05) is 13.8 Å². The fraction of sp³-hybridized carbons (Fsp3) is 0.833. The molecule has 0 aromatic heterocycles. The number of carbonyl (C=O) groups excluding carboxylic acids is 1. The molecule has 0 aromatic carbocycles. The highest BCUT2D eigenvalue weighted by Crippen LogP contribution is 2.33. The molecular weight excluding hydrogens is 268 g/mol. The van der Waals surface area contributed by atoms with Crippen LogP contribution in [0.3, 0.4) is 0 Å². The molecule has 0 bridgehead atoms. The summed E-state index contributed by atoms with van der Waals surface area (Å²) in [4.78, 5) is 13.9. The molecule has 1 rings (SSSR count). The van der Waals surface area contributed by atoms with Crippen LogP contribution in [0.25, 0.3) is 0 Å². The second kappa shape index (κ2) is 5.67. The van der Waals surface area contributed by atoms with Gasteiger partial charge < -0.3 is 4.90 Å². The Morgan fingerprint density at radius 2 is 2.12 bits per heavy atom. The van der Waals surface area contributed by atoms with Gasteiger partial charge in [-0.2, -0.15) is 5.26 Å². The quantitative estimate of drug-likeness (QED) is 0.557. The molecule has 1 saturated carbocycles. The highest BCUT2D eigenvalue weighted by molar-refractivity contribution is 9.09. The summed E-state index contributed by atoms with van der Waals surface area (Å²) in [6.07, 6.45) is 4.57. The van der Waals surface area contributed by atoms with E-state index in [0.717, 1.165) is 31.0 Å². The summed E-state index contributed by atoms with van der Waals surface area (Å²) < 4.78 is 0. The second-order valence-electron chi connectivity index (χ2n) is 4.81. The van der Waals surface area contributed by atoms with Gasteiger partial charge in [-0.1, -0.05) is 15.9 Å². The van der Waals surface area contributed by atoms with E-state index in [4.69, 9.17) is 5.26 Å². The molecule has 0 spiro atoms. The molecular formula is C12H19BrN2O. The first-order chi connectivity index (χ1) is 7.53. The van der Waals surface area contributed by atoms with Gasteiger partial charge in [-0.05, 0) is 39.5 Å². The minimum atomic E-state index is -0.660. The zero-order valence-electron chi connectivity index (χ0n) is 10.0. The van der Waals surface area contributed by atoms with Gasteiger partial charge >= 0.3 is 0 Å². The molecule has 0 unspecified atom stereocenters. The number of hydrogen-bond acceptors (Lipinski definition) is 2. The standard InChI is InChI=1S/C12H19BrN2O/c1-12(2,9-14)15(10-6-7-10)11(16)5-3-4-8-13/h10H,3-8H2,1-2H3. The number of nitrogens with zero attached hydrogens (tertiary/aromatic N) is 2. The molecule has 0 radical (unpaired) electrons. The predicted molar refractivity (Wildman–Crippen MR) is 67.2 cm³/mol. The fourth-order valence-corrected chi connectivity index (χ4v) is 2.25. The predicted octanol–water partition coefficient (Wildman–Crippen LogP) is 2.84. The zero-order valence-corrected chi connectivity index (χ0v) is 11.6. The van der Waals surface area contributed by atoms with Crippen molar-refractivity contribution < 1.29 is 4.79 Å². The highest BCUT2D eigenvalue weighted by atomic mass is 79.9. The molecule has 1 aliphatic carbocycles. The van der Waals surface area contributed by atoms with Crippen molar-refractivity contribution in [1.29, 1.82) is 5.26 Å². The summed E-state index contributed by atoms with van der Waals surface area (Å²) in [6.45, 7) is 3.65. The van der Waals surface area contributed by atoms with Gasteiger partial charge in [0.05, 0.1) is 6.07 Å². The molecule has 1 fully saturated rings.